The number of aliphatic carboxylic acids is 1. The molecule has 2 aliphatic rings. The molecule has 11 heteroatoms. The summed E-state index contributed by atoms with van der Waals surface area (Å²) in [5.74, 6) is -1.94. The van der Waals surface area contributed by atoms with E-state index in [4.69, 9.17) is 14.6 Å². The van der Waals surface area contributed by atoms with Crippen molar-refractivity contribution in [3.63, 3.8) is 0 Å². The van der Waals surface area contributed by atoms with Gasteiger partial charge < -0.3 is 9.84 Å². The summed E-state index contributed by atoms with van der Waals surface area (Å²) in [5, 5.41) is 20.5. The van der Waals surface area contributed by atoms with Crippen LogP contribution in [0.3, 0.4) is 0 Å². The molecule has 1 atom stereocenters. The number of halogens is 3. The number of nitrogens with zero attached hydrogens (tertiary/aromatic N) is 4. The normalized spacial score (nSPS) is 18.7. The smallest absolute Gasteiger partial charge is 0.475 e. The van der Waals surface area contributed by atoms with Crippen molar-refractivity contribution in [2.45, 2.75) is 44.6 Å². The summed E-state index contributed by atoms with van der Waals surface area (Å²) in [6, 6.07) is 2.38. The number of thiophene rings is 1. The van der Waals surface area contributed by atoms with Crippen molar-refractivity contribution in [2.24, 2.45) is 5.92 Å². The summed E-state index contributed by atoms with van der Waals surface area (Å²) in [4.78, 5) is 11.4. The zero-order chi connectivity index (χ0) is 22.4. The quantitative estimate of drug-likeness (QED) is 0.480. The lowest BCUT2D eigenvalue weighted by atomic mass is 10.0. The molecule has 2 aromatic heterocycles. The molecule has 4 rings (SSSR count). The average Bonchev–Trinajstić information content (AvgIpc) is 3.20. The third kappa shape index (κ3) is 6.62. The molecule has 3 heterocycles. The molecule has 0 saturated heterocycles. The fourth-order valence-electron chi connectivity index (χ4n) is 3.39. The Morgan fingerprint density at radius 3 is 2.74 bits per heavy atom. The van der Waals surface area contributed by atoms with Gasteiger partial charge in [0.2, 0.25) is 0 Å². The minimum absolute atomic E-state index is 0.182. The Morgan fingerprint density at radius 1 is 1.42 bits per heavy atom. The molecule has 170 valence electrons. The van der Waals surface area contributed by atoms with Gasteiger partial charge in [0.15, 0.2) is 0 Å². The first-order valence-electron chi connectivity index (χ1n) is 9.95. The number of fused-ring (bicyclic) bond motifs is 1. The summed E-state index contributed by atoms with van der Waals surface area (Å²) in [6.45, 7) is 7.97. The Labute approximate surface area is 182 Å². The van der Waals surface area contributed by atoms with Gasteiger partial charge in [0.05, 0.1) is 24.9 Å². The largest absolute Gasteiger partial charge is 0.490 e. The molecule has 1 unspecified atom stereocenters. The van der Waals surface area contributed by atoms with Crippen molar-refractivity contribution >= 4 is 17.3 Å². The van der Waals surface area contributed by atoms with Gasteiger partial charge in [0.1, 0.15) is 5.69 Å². The maximum Gasteiger partial charge on any atom is 0.490 e. The van der Waals surface area contributed by atoms with Crippen LogP contribution in [0.2, 0.25) is 0 Å². The maximum absolute atomic E-state index is 10.6. The minimum atomic E-state index is -5.08. The molecular formula is C20H25F3N4O3S. The maximum atomic E-state index is 10.6. The van der Waals surface area contributed by atoms with E-state index in [0.29, 0.717) is 13.2 Å². The van der Waals surface area contributed by atoms with E-state index in [-0.39, 0.29) is 6.04 Å². The van der Waals surface area contributed by atoms with E-state index in [1.165, 1.54) is 24.1 Å². The zero-order valence-corrected chi connectivity index (χ0v) is 17.7. The summed E-state index contributed by atoms with van der Waals surface area (Å²) in [7, 11) is 0. The van der Waals surface area contributed by atoms with Gasteiger partial charge in [-0.2, -0.15) is 24.5 Å². The summed E-state index contributed by atoms with van der Waals surface area (Å²) < 4.78 is 39.7. The fourth-order valence-corrected chi connectivity index (χ4v) is 4.05. The van der Waals surface area contributed by atoms with Crippen molar-refractivity contribution in [1.82, 2.24) is 19.9 Å². The third-order valence-electron chi connectivity index (χ3n) is 5.11. The highest BCUT2D eigenvalue weighted by molar-refractivity contribution is 7.07. The highest BCUT2D eigenvalue weighted by Gasteiger charge is 2.38. The minimum Gasteiger partial charge on any atom is -0.475 e. The standard InChI is InChI=1S/C18H24N4OS.C2HF3O2/c1-2-8-23-12-17-18-16(22(20-19-18)11-14-3-4-14)5-7-21(17)10-15-6-9-24-13-15;3-2(4,5)1(6)7/h2,6,9,13-14,17H,1,3-5,7-8,10-12H2;(H,6,7). The molecule has 0 aromatic carbocycles. The first-order chi connectivity index (χ1) is 14.8. The molecule has 0 amide bonds. The second-order valence-electron chi connectivity index (χ2n) is 7.54. The number of rotatable bonds is 8. The Morgan fingerprint density at radius 2 is 2.16 bits per heavy atom. The third-order valence-corrected chi connectivity index (χ3v) is 5.84. The van der Waals surface area contributed by atoms with Gasteiger partial charge in [-0.05, 0) is 41.1 Å². The molecule has 2 aromatic rings. The van der Waals surface area contributed by atoms with Gasteiger partial charge in [0, 0.05) is 26.1 Å². The molecule has 1 saturated carbocycles. The van der Waals surface area contributed by atoms with Crippen LogP contribution in [0.15, 0.2) is 29.5 Å². The summed E-state index contributed by atoms with van der Waals surface area (Å²) in [6.07, 6.45) is 0.420. The van der Waals surface area contributed by atoms with Crippen LogP contribution < -0.4 is 0 Å². The Hall–Kier alpha value is -2.24. The van der Waals surface area contributed by atoms with Gasteiger partial charge >= 0.3 is 12.1 Å². The van der Waals surface area contributed by atoms with Crippen LogP contribution in [0, 0.1) is 5.92 Å². The molecule has 0 bridgehead atoms. The van der Waals surface area contributed by atoms with Gasteiger partial charge in [-0.15, -0.1) is 11.7 Å². The molecule has 1 aliphatic heterocycles. The molecule has 31 heavy (non-hydrogen) atoms. The van der Waals surface area contributed by atoms with Crippen LogP contribution in [0.1, 0.15) is 35.8 Å². The van der Waals surface area contributed by atoms with Gasteiger partial charge in [-0.1, -0.05) is 11.3 Å². The first-order valence-corrected chi connectivity index (χ1v) is 10.9. The number of carboxylic acid groups (broad SMARTS) is 1. The summed E-state index contributed by atoms with van der Waals surface area (Å²) >= 11 is 1.75. The predicted molar refractivity (Wildman–Crippen MR) is 109 cm³/mol. The molecular weight excluding hydrogens is 433 g/mol. The molecule has 1 N–H and O–H groups in total. The molecule has 0 spiro atoms. The van der Waals surface area contributed by atoms with Crippen LogP contribution in [0.25, 0.3) is 0 Å². The van der Waals surface area contributed by atoms with Crippen LogP contribution >= 0.6 is 11.3 Å². The lowest BCUT2D eigenvalue weighted by molar-refractivity contribution is -0.192. The number of alkyl halides is 3. The van der Waals surface area contributed by atoms with Gasteiger partial charge in [-0.25, -0.2) is 9.48 Å². The number of hydrogen-bond donors (Lipinski definition) is 1. The van der Waals surface area contributed by atoms with Crippen molar-refractivity contribution in [3.05, 3.63) is 46.4 Å². The average molecular weight is 459 g/mol. The number of hydrogen-bond acceptors (Lipinski definition) is 6. The Bertz CT molecular complexity index is 866. The van der Waals surface area contributed by atoms with Crippen LogP contribution in [-0.4, -0.2) is 56.9 Å². The van der Waals surface area contributed by atoms with Crippen LogP contribution in [0.4, 0.5) is 13.2 Å². The van der Waals surface area contributed by atoms with Crippen LogP contribution in [-0.2, 0) is 29.0 Å². The van der Waals surface area contributed by atoms with Crippen molar-refractivity contribution < 1.29 is 27.8 Å². The van der Waals surface area contributed by atoms with Crippen molar-refractivity contribution in [1.29, 1.82) is 0 Å². The topological polar surface area (TPSA) is 80.5 Å². The molecule has 1 aliphatic carbocycles. The van der Waals surface area contributed by atoms with Gasteiger partial charge in [-0.3, -0.25) is 4.90 Å². The zero-order valence-electron chi connectivity index (χ0n) is 16.9. The van der Waals surface area contributed by atoms with E-state index < -0.39 is 12.1 Å². The van der Waals surface area contributed by atoms with E-state index in [0.717, 1.165) is 37.7 Å². The van der Waals surface area contributed by atoms with E-state index in [1.807, 2.05) is 0 Å². The van der Waals surface area contributed by atoms with E-state index in [2.05, 4.69) is 43.3 Å². The predicted octanol–water partition coefficient (Wildman–Crippen LogP) is 3.68. The van der Waals surface area contributed by atoms with Crippen molar-refractivity contribution in [2.75, 3.05) is 19.8 Å². The van der Waals surface area contributed by atoms with Crippen molar-refractivity contribution in [3.8, 4) is 0 Å². The van der Waals surface area contributed by atoms with Gasteiger partial charge in [0.25, 0.3) is 0 Å². The van der Waals surface area contributed by atoms with E-state index in [1.54, 1.807) is 17.4 Å². The highest BCUT2D eigenvalue weighted by Crippen LogP contribution is 2.34. The first kappa shape index (κ1) is 23.4. The fraction of sp³-hybridized carbons (Fsp3) is 0.550. The molecule has 7 nitrogen and oxygen atoms in total. The number of ether oxygens (including phenoxy) is 1. The number of carbonyl (C=O) groups is 1. The Balaban J connectivity index is 0.000000339. The van der Waals surface area contributed by atoms with Crippen LogP contribution in [0.5, 0.6) is 0 Å². The Kier molecular flexibility index (Phi) is 7.84. The highest BCUT2D eigenvalue weighted by atomic mass is 32.1. The monoisotopic (exact) mass is 458 g/mol. The number of aromatic nitrogens is 3. The lowest BCUT2D eigenvalue weighted by Crippen LogP contribution is -2.38. The second-order valence-corrected chi connectivity index (χ2v) is 8.32. The molecule has 0 radical (unpaired) electrons. The molecule has 1 fully saturated rings. The summed E-state index contributed by atoms with van der Waals surface area (Å²) in [5.41, 5.74) is 3.79. The van der Waals surface area contributed by atoms with E-state index >= 15 is 0 Å². The lowest BCUT2D eigenvalue weighted by Gasteiger charge is -2.34. The number of carboxylic acids is 1. The second kappa shape index (κ2) is 10.4. The van der Waals surface area contributed by atoms with E-state index in [9.17, 15) is 13.2 Å². The SMILES string of the molecule is C=CCOCC1c2nnn(CC3CC3)c2CCN1Cc1ccsc1.O=C(O)C(F)(F)F.